The summed E-state index contributed by atoms with van der Waals surface area (Å²) in [7, 11) is 1.67. The van der Waals surface area contributed by atoms with E-state index in [2.05, 4.69) is 12.2 Å². The molecule has 1 aromatic rings. The number of rotatable bonds is 6. The Hall–Kier alpha value is -1.00. The standard InChI is InChI=1S/C16H23F2NO/c1-3-10-19-15(16(20-2)8-4-5-9-16)13-11-12(17)6-7-14(13)18/h6-7,11,15,19H,3-5,8-10H2,1-2H3. The molecule has 1 aliphatic carbocycles. The van der Waals surface area contributed by atoms with E-state index in [0.29, 0.717) is 5.56 Å². The predicted octanol–water partition coefficient (Wildman–Crippen LogP) is 3.96. The number of hydrogen-bond donors (Lipinski definition) is 1. The van der Waals surface area contributed by atoms with Crippen molar-refractivity contribution in [3.63, 3.8) is 0 Å². The lowest BCUT2D eigenvalue weighted by molar-refractivity contribution is -0.0376. The average Bonchev–Trinajstić information content (AvgIpc) is 2.93. The van der Waals surface area contributed by atoms with Gasteiger partial charge in [-0.1, -0.05) is 19.8 Å². The van der Waals surface area contributed by atoms with E-state index in [1.54, 1.807) is 7.11 Å². The van der Waals surface area contributed by atoms with E-state index in [4.69, 9.17) is 4.74 Å². The molecule has 0 spiro atoms. The van der Waals surface area contributed by atoms with Crippen molar-refractivity contribution in [1.29, 1.82) is 0 Å². The van der Waals surface area contributed by atoms with Gasteiger partial charge in [0.25, 0.3) is 0 Å². The maximum atomic E-state index is 14.1. The Morgan fingerprint density at radius 3 is 2.60 bits per heavy atom. The van der Waals surface area contributed by atoms with E-state index in [1.807, 2.05) is 0 Å². The summed E-state index contributed by atoms with van der Waals surface area (Å²) in [5.74, 6) is -0.780. The summed E-state index contributed by atoms with van der Waals surface area (Å²) in [6, 6.07) is 3.35. The molecule has 112 valence electrons. The highest BCUT2D eigenvalue weighted by Crippen LogP contribution is 2.43. The van der Waals surface area contributed by atoms with E-state index in [0.717, 1.165) is 44.7 Å². The van der Waals surface area contributed by atoms with Crippen LogP contribution in [0.2, 0.25) is 0 Å². The fourth-order valence-corrected chi connectivity index (χ4v) is 3.19. The Morgan fingerprint density at radius 2 is 2.00 bits per heavy atom. The molecule has 4 heteroatoms. The van der Waals surface area contributed by atoms with Crippen LogP contribution in [0.4, 0.5) is 8.78 Å². The largest absolute Gasteiger partial charge is 0.376 e. The number of hydrogen-bond acceptors (Lipinski definition) is 2. The summed E-state index contributed by atoms with van der Waals surface area (Å²) >= 11 is 0. The molecular weight excluding hydrogens is 260 g/mol. The minimum absolute atomic E-state index is 0.300. The van der Waals surface area contributed by atoms with E-state index in [1.165, 1.54) is 12.1 Å². The molecule has 1 aromatic carbocycles. The monoisotopic (exact) mass is 283 g/mol. The van der Waals surface area contributed by atoms with Crippen molar-refractivity contribution in [1.82, 2.24) is 5.32 Å². The Bertz CT molecular complexity index is 444. The summed E-state index contributed by atoms with van der Waals surface area (Å²) in [6.07, 6.45) is 4.82. The van der Waals surface area contributed by atoms with Crippen LogP contribution in [-0.4, -0.2) is 19.3 Å². The molecule has 0 heterocycles. The predicted molar refractivity (Wildman–Crippen MR) is 75.6 cm³/mol. The second kappa shape index (κ2) is 6.64. The summed E-state index contributed by atoms with van der Waals surface area (Å²) in [5, 5.41) is 3.36. The van der Waals surface area contributed by atoms with E-state index in [9.17, 15) is 8.78 Å². The fourth-order valence-electron chi connectivity index (χ4n) is 3.19. The molecule has 0 amide bonds. The normalized spacial score (nSPS) is 19.2. The number of methoxy groups -OCH3 is 1. The van der Waals surface area contributed by atoms with Crippen LogP contribution in [0.1, 0.15) is 50.6 Å². The molecule has 1 N–H and O–H groups in total. The Kier molecular flexibility index (Phi) is 5.11. The summed E-state index contributed by atoms with van der Waals surface area (Å²) in [4.78, 5) is 0. The van der Waals surface area contributed by atoms with Crippen LogP contribution in [0.3, 0.4) is 0 Å². The summed E-state index contributed by atoms with van der Waals surface area (Å²) in [6.45, 7) is 2.81. The maximum absolute atomic E-state index is 14.1. The Labute approximate surface area is 119 Å². The van der Waals surface area contributed by atoms with Gasteiger partial charge in [0, 0.05) is 12.7 Å². The number of benzene rings is 1. The lowest BCUT2D eigenvalue weighted by atomic mass is 9.86. The van der Waals surface area contributed by atoms with E-state index in [-0.39, 0.29) is 11.9 Å². The molecule has 0 aromatic heterocycles. The third-order valence-electron chi connectivity index (χ3n) is 4.25. The summed E-state index contributed by atoms with van der Waals surface area (Å²) < 4.78 is 33.4. The number of halogens is 2. The van der Waals surface area contributed by atoms with Gasteiger partial charge in [-0.3, -0.25) is 0 Å². The second-order valence-corrected chi connectivity index (χ2v) is 5.53. The van der Waals surface area contributed by atoms with Crippen molar-refractivity contribution >= 4 is 0 Å². The molecule has 1 fully saturated rings. The first-order valence-corrected chi connectivity index (χ1v) is 7.36. The summed E-state index contributed by atoms with van der Waals surface area (Å²) in [5.41, 5.74) is -0.0497. The zero-order valence-corrected chi connectivity index (χ0v) is 12.2. The zero-order valence-electron chi connectivity index (χ0n) is 12.2. The first-order valence-electron chi connectivity index (χ1n) is 7.36. The third kappa shape index (κ3) is 3.01. The van der Waals surface area contributed by atoms with Gasteiger partial charge in [0.15, 0.2) is 0 Å². The average molecular weight is 283 g/mol. The molecule has 0 bridgehead atoms. The van der Waals surface area contributed by atoms with E-state index < -0.39 is 11.4 Å². The highest BCUT2D eigenvalue weighted by Gasteiger charge is 2.43. The van der Waals surface area contributed by atoms with Crippen LogP contribution in [0.5, 0.6) is 0 Å². The lowest BCUT2D eigenvalue weighted by Crippen LogP contribution is -2.44. The first-order chi connectivity index (χ1) is 9.63. The van der Waals surface area contributed by atoms with Crippen LogP contribution >= 0.6 is 0 Å². The first kappa shape index (κ1) is 15.4. The van der Waals surface area contributed by atoms with Crippen LogP contribution in [0.25, 0.3) is 0 Å². The van der Waals surface area contributed by atoms with Gasteiger partial charge in [0.2, 0.25) is 0 Å². The molecule has 20 heavy (non-hydrogen) atoms. The van der Waals surface area contributed by atoms with Crippen molar-refractivity contribution in [2.75, 3.05) is 13.7 Å². The van der Waals surface area contributed by atoms with Crippen molar-refractivity contribution in [2.45, 2.75) is 50.7 Å². The van der Waals surface area contributed by atoms with Gasteiger partial charge in [0.05, 0.1) is 11.6 Å². The Balaban J connectivity index is 2.38. The molecule has 1 aliphatic rings. The Morgan fingerprint density at radius 1 is 1.30 bits per heavy atom. The molecule has 0 aliphatic heterocycles. The lowest BCUT2D eigenvalue weighted by Gasteiger charge is -2.37. The maximum Gasteiger partial charge on any atom is 0.128 e. The topological polar surface area (TPSA) is 21.3 Å². The number of ether oxygens (including phenoxy) is 1. The quantitative estimate of drug-likeness (QED) is 0.853. The molecule has 0 radical (unpaired) electrons. The van der Waals surface area contributed by atoms with Crippen molar-refractivity contribution in [3.05, 3.63) is 35.4 Å². The molecule has 1 saturated carbocycles. The number of nitrogens with one attached hydrogen (secondary N) is 1. The van der Waals surface area contributed by atoms with Crippen LogP contribution in [0.15, 0.2) is 18.2 Å². The molecule has 2 nitrogen and oxygen atoms in total. The van der Waals surface area contributed by atoms with Gasteiger partial charge in [0.1, 0.15) is 11.6 Å². The van der Waals surface area contributed by atoms with Gasteiger partial charge < -0.3 is 10.1 Å². The van der Waals surface area contributed by atoms with Gasteiger partial charge in [-0.15, -0.1) is 0 Å². The SMILES string of the molecule is CCCNC(c1cc(F)ccc1F)C1(OC)CCCC1. The van der Waals surface area contributed by atoms with Gasteiger partial charge >= 0.3 is 0 Å². The van der Waals surface area contributed by atoms with Crippen LogP contribution in [-0.2, 0) is 4.74 Å². The smallest absolute Gasteiger partial charge is 0.128 e. The van der Waals surface area contributed by atoms with E-state index >= 15 is 0 Å². The van der Waals surface area contributed by atoms with Crippen LogP contribution < -0.4 is 5.32 Å². The van der Waals surface area contributed by atoms with Gasteiger partial charge in [-0.25, -0.2) is 8.78 Å². The minimum Gasteiger partial charge on any atom is -0.376 e. The van der Waals surface area contributed by atoms with Gasteiger partial charge in [-0.2, -0.15) is 0 Å². The fraction of sp³-hybridized carbons (Fsp3) is 0.625. The van der Waals surface area contributed by atoms with Crippen molar-refractivity contribution < 1.29 is 13.5 Å². The van der Waals surface area contributed by atoms with Crippen molar-refractivity contribution in [3.8, 4) is 0 Å². The molecule has 1 unspecified atom stereocenters. The zero-order chi connectivity index (χ0) is 14.6. The second-order valence-electron chi connectivity index (χ2n) is 5.53. The highest BCUT2D eigenvalue weighted by molar-refractivity contribution is 5.26. The molecule has 0 saturated heterocycles. The van der Waals surface area contributed by atoms with Crippen LogP contribution in [0, 0.1) is 11.6 Å². The van der Waals surface area contributed by atoms with Gasteiger partial charge in [-0.05, 0) is 44.0 Å². The van der Waals surface area contributed by atoms with Crippen molar-refractivity contribution in [2.24, 2.45) is 0 Å². The molecule has 1 atom stereocenters. The highest BCUT2D eigenvalue weighted by atomic mass is 19.1. The molecule has 2 rings (SSSR count). The minimum atomic E-state index is -0.427. The molecular formula is C16H23F2NO. The third-order valence-corrected chi connectivity index (χ3v) is 4.25.